The minimum atomic E-state index is -4.56. The standard InChI is InChI=1S/C25H25F3N4O6S2/c1-16-14-21(40(37,38)31-17(2)33)7-6-18(16)8-13-39(35,36)32-11-9-24(10-12-32)23(34)29-22(30-24)19-4-3-5-20(15-19)25(26,27)28/h3-8,13-15H,9-12H2,1-2H3,(H,31,33)(H,29,30,34). The summed E-state index contributed by atoms with van der Waals surface area (Å²) < 4.78 is 92.6. The molecule has 1 spiro atoms. The summed E-state index contributed by atoms with van der Waals surface area (Å²) in [6.07, 6.45) is -3.18. The predicted molar refractivity (Wildman–Crippen MR) is 140 cm³/mol. The second kappa shape index (κ2) is 10.4. The van der Waals surface area contributed by atoms with E-state index in [4.69, 9.17) is 0 Å². The molecule has 1 saturated heterocycles. The molecule has 0 unspecified atom stereocenters. The Morgan fingerprint density at radius 1 is 1.10 bits per heavy atom. The van der Waals surface area contributed by atoms with Crippen molar-refractivity contribution < 1.29 is 39.6 Å². The maximum Gasteiger partial charge on any atom is 0.416 e. The van der Waals surface area contributed by atoms with Crippen LogP contribution in [0.1, 0.15) is 42.0 Å². The first-order valence-electron chi connectivity index (χ1n) is 11.9. The van der Waals surface area contributed by atoms with Crippen molar-refractivity contribution in [2.75, 3.05) is 13.1 Å². The molecule has 0 aliphatic carbocycles. The van der Waals surface area contributed by atoms with Gasteiger partial charge in [-0.2, -0.15) is 17.5 Å². The minimum Gasteiger partial charge on any atom is -0.308 e. The normalized spacial score (nSPS) is 18.1. The Hall–Kier alpha value is -3.56. The van der Waals surface area contributed by atoms with Crippen molar-refractivity contribution in [1.29, 1.82) is 0 Å². The van der Waals surface area contributed by atoms with Gasteiger partial charge in [0.1, 0.15) is 11.4 Å². The summed E-state index contributed by atoms with van der Waals surface area (Å²) in [5.74, 6) is -1.24. The molecule has 2 N–H and O–H groups in total. The number of sulfonamides is 2. The van der Waals surface area contributed by atoms with Gasteiger partial charge in [0, 0.05) is 31.0 Å². The van der Waals surface area contributed by atoms with E-state index in [9.17, 15) is 39.6 Å². The van der Waals surface area contributed by atoms with E-state index < -0.39 is 49.1 Å². The van der Waals surface area contributed by atoms with Crippen molar-refractivity contribution in [3.05, 3.63) is 70.1 Å². The number of carbonyl (C=O) groups excluding carboxylic acids is 2. The van der Waals surface area contributed by atoms with Gasteiger partial charge in [-0.1, -0.05) is 18.2 Å². The van der Waals surface area contributed by atoms with Crippen LogP contribution in [0.4, 0.5) is 13.2 Å². The Bertz CT molecular complexity index is 1640. The number of piperidine rings is 1. The molecule has 0 bridgehead atoms. The van der Waals surface area contributed by atoms with Gasteiger partial charge in [0.2, 0.25) is 15.9 Å². The Morgan fingerprint density at radius 3 is 2.38 bits per heavy atom. The maximum absolute atomic E-state index is 13.1. The van der Waals surface area contributed by atoms with Gasteiger partial charge in [0.05, 0.1) is 10.5 Å². The highest BCUT2D eigenvalue weighted by Gasteiger charge is 2.47. The van der Waals surface area contributed by atoms with E-state index in [1.165, 1.54) is 40.7 Å². The van der Waals surface area contributed by atoms with Gasteiger partial charge in [-0.25, -0.2) is 21.6 Å². The van der Waals surface area contributed by atoms with Crippen LogP contribution in [0, 0.1) is 6.92 Å². The van der Waals surface area contributed by atoms with Crippen LogP contribution in [-0.4, -0.2) is 57.4 Å². The van der Waals surface area contributed by atoms with Crippen LogP contribution in [0.5, 0.6) is 0 Å². The summed E-state index contributed by atoms with van der Waals surface area (Å²) >= 11 is 0. The largest absolute Gasteiger partial charge is 0.416 e. The first kappa shape index (κ1) is 29.4. The monoisotopic (exact) mass is 598 g/mol. The second-order valence-electron chi connectivity index (χ2n) is 9.45. The predicted octanol–water partition coefficient (Wildman–Crippen LogP) is 2.55. The van der Waals surface area contributed by atoms with Crippen molar-refractivity contribution >= 4 is 43.8 Å². The first-order chi connectivity index (χ1) is 18.5. The van der Waals surface area contributed by atoms with E-state index in [1.54, 1.807) is 6.92 Å². The molecule has 15 heteroatoms. The highest BCUT2D eigenvalue weighted by atomic mass is 32.2. The van der Waals surface area contributed by atoms with Gasteiger partial charge in [-0.3, -0.25) is 14.6 Å². The molecule has 2 aliphatic rings. The lowest BCUT2D eigenvalue weighted by Crippen LogP contribution is -2.50. The summed E-state index contributed by atoms with van der Waals surface area (Å²) in [5.41, 5.74) is -1.18. The zero-order valence-electron chi connectivity index (χ0n) is 21.3. The average Bonchev–Trinajstić information content (AvgIpc) is 3.17. The highest BCUT2D eigenvalue weighted by Crippen LogP contribution is 2.34. The lowest BCUT2D eigenvalue weighted by atomic mass is 9.89. The molecule has 2 amide bonds. The summed E-state index contributed by atoms with van der Waals surface area (Å²) in [4.78, 5) is 28.2. The summed E-state index contributed by atoms with van der Waals surface area (Å²) in [5, 5.41) is 3.51. The first-order valence-corrected chi connectivity index (χ1v) is 14.9. The van der Waals surface area contributed by atoms with E-state index in [2.05, 4.69) is 10.3 Å². The molecular formula is C25H25F3N4O6S2. The molecule has 0 atom stereocenters. The zero-order valence-corrected chi connectivity index (χ0v) is 23.0. The van der Waals surface area contributed by atoms with Crippen LogP contribution in [0.15, 0.2) is 57.8 Å². The van der Waals surface area contributed by atoms with Crippen molar-refractivity contribution in [2.45, 2.75) is 43.3 Å². The van der Waals surface area contributed by atoms with Crippen LogP contribution >= 0.6 is 0 Å². The number of aryl methyl sites for hydroxylation is 1. The second-order valence-corrected chi connectivity index (χ2v) is 13.0. The fourth-order valence-corrected chi connectivity index (χ4v) is 6.70. The smallest absolute Gasteiger partial charge is 0.308 e. The number of hydrogen-bond acceptors (Lipinski definition) is 7. The third kappa shape index (κ3) is 6.10. The molecule has 0 aromatic heterocycles. The van der Waals surface area contributed by atoms with Gasteiger partial charge in [0.15, 0.2) is 0 Å². The number of nitrogens with one attached hydrogen (secondary N) is 2. The minimum absolute atomic E-state index is 0.00624. The quantitative estimate of drug-likeness (QED) is 0.524. The van der Waals surface area contributed by atoms with Crippen molar-refractivity contribution in [2.24, 2.45) is 4.99 Å². The number of hydrogen-bond donors (Lipinski definition) is 2. The topological polar surface area (TPSA) is 142 Å². The fourth-order valence-electron chi connectivity index (χ4n) is 4.44. The molecule has 0 saturated carbocycles. The molecule has 2 aromatic carbocycles. The molecule has 10 nitrogen and oxygen atoms in total. The number of alkyl halides is 3. The van der Waals surface area contributed by atoms with E-state index in [0.717, 1.165) is 24.5 Å². The number of aliphatic imine (C=N–C) groups is 1. The van der Waals surface area contributed by atoms with Crippen molar-refractivity contribution in [3.8, 4) is 0 Å². The Labute approximate surface area is 229 Å². The van der Waals surface area contributed by atoms with Crippen LogP contribution in [0.3, 0.4) is 0 Å². The summed E-state index contributed by atoms with van der Waals surface area (Å²) in [6.45, 7) is 2.55. The van der Waals surface area contributed by atoms with E-state index in [-0.39, 0.29) is 42.2 Å². The third-order valence-electron chi connectivity index (χ3n) is 6.60. The summed E-state index contributed by atoms with van der Waals surface area (Å²) in [7, 11) is -7.98. The van der Waals surface area contributed by atoms with Gasteiger partial charge in [-0.05, 0) is 61.2 Å². The molecule has 40 heavy (non-hydrogen) atoms. The molecular weight excluding hydrogens is 573 g/mol. The number of halogens is 3. The van der Waals surface area contributed by atoms with Crippen LogP contribution in [-0.2, 0) is 35.8 Å². The van der Waals surface area contributed by atoms with E-state index in [1.807, 2.05) is 4.72 Å². The van der Waals surface area contributed by atoms with Crippen molar-refractivity contribution in [3.63, 3.8) is 0 Å². The Balaban J connectivity index is 1.47. The average molecular weight is 599 g/mol. The van der Waals surface area contributed by atoms with Gasteiger partial charge >= 0.3 is 6.18 Å². The lowest BCUT2D eigenvalue weighted by molar-refractivity contribution is -0.137. The number of carbonyl (C=O) groups is 2. The molecule has 2 aliphatic heterocycles. The number of benzene rings is 2. The summed E-state index contributed by atoms with van der Waals surface area (Å²) in [6, 6.07) is 8.39. The molecule has 214 valence electrons. The Morgan fingerprint density at radius 2 is 1.77 bits per heavy atom. The molecule has 4 rings (SSSR count). The lowest BCUT2D eigenvalue weighted by Gasteiger charge is -2.34. The SMILES string of the molecule is CC(=O)NS(=O)(=O)c1ccc(C=CS(=O)(=O)N2CCC3(CC2)N=C(c2cccc(C(F)(F)F)c2)NC3=O)c(C)c1. The van der Waals surface area contributed by atoms with E-state index in [0.29, 0.717) is 11.1 Å². The van der Waals surface area contributed by atoms with Gasteiger partial charge in [-0.15, -0.1) is 0 Å². The number of amidine groups is 1. The maximum atomic E-state index is 13.1. The van der Waals surface area contributed by atoms with Crippen LogP contribution in [0.25, 0.3) is 6.08 Å². The highest BCUT2D eigenvalue weighted by molar-refractivity contribution is 7.92. The third-order valence-corrected chi connectivity index (χ3v) is 9.60. The molecule has 2 aromatic rings. The zero-order chi connectivity index (χ0) is 29.5. The number of amides is 2. The molecule has 2 heterocycles. The van der Waals surface area contributed by atoms with Gasteiger partial charge < -0.3 is 5.32 Å². The van der Waals surface area contributed by atoms with Crippen molar-refractivity contribution in [1.82, 2.24) is 14.3 Å². The molecule has 0 radical (unpaired) electrons. The van der Waals surface area contributed by atoms with Gasteiger partial charge in [0.25, 0.3) is 15.9 Å². The Kier molecular flexibility index (Phi) is 7.68. The molecule has 1 fully saturated rings. The van der Waals surface area contributed by atoms with Crippen LogP contribution < -0.4 is 10.0 Å². The van der Waals surface area contributed by atoms with E-state index >= 15 is 0 Å². The number of rotatable bonds is 6. The number of nitrogens with zero attached hydrogens (tertiary/aromatic N) is 2. The van der Waals surface area contributed by atoms with Crippen LogP contribution in [0.2, 0.25) is 0 Å². The fraction of sp³-hybridized carbons (Fsp3) is 0.320.